The van der Waals surface area contributed by atoms with E-state index in [1.165, 1.54) is 11.1 Å². The smallest absolute Gasteiger partial charge is 0.272 e. The van der Waals surface area contributed by atoms with E-state index in [4.69, 9.17) is 29.8 Å². The molecule has 12 nitrogen and oxygen atoms in total. The maximum atomic E-state index is 13.9. The highest BCUT2D eigenvalue weighted by atomic mass is 16.5. The molecule has 0 fully saturated rings. The van der Waals surface area contributed by atoms with E-state index in [1.807, 2.05) is 92.2 Å². The molecule has 0 aliphatic carbocycles. The number of aromatic nitrogens is 8. The molecule has 4 heterocycles. The zero-order chi connectivity index (χ0) is 38.5. The first-order chi connectivity index (χ1) is 26.7. The Balaban J connectivity index is 1.35. The van der Waals surface area contributed by atoms with Crippen molar-refractivity contribution < 1.29 is 14.3 Å². The van der Waals surface area contributed by atoms with Crippen LogP contribution in [0.3, 0.4) is 0 Å². The van der Waals surface area contributed by atoms with Crippen LogP contribution in [-0.2, 0) is 26.2 Å². The quantitative estimate of drug-likeness (QED) is 0.125. The first kappa shape index (κ1) is 36.6. The van der Waals surface area contributed by atoms with E-state index in [9.17, 15) is 4.79 Å². The minimum atomic E-state index is -0.309. The molecule has 0 atom stereocenters. The molecule has 3 aromatic carbocycles. The minimum Gasteiger partial charge on any atom is -0.497 e. The third-order valence-corrected chi connectivity index (χ3v) is 9.41. The van der Waals surface area contributed by atoms with Crippen LogP contribution in [0.1, 0.15) is 63.0 Å². The second-order valence-corrected chi connectivity index (χ2v) is 13.4. The van der Waals surface area contributed by atoms with Gasteiger partial charge >= 0.3 is 0 Å². The molecule has 0 spiro atoms. The predicted octanol–water partition coefficient (Wildman–Crippen LogP) is 7.09. The second-order valence-electron chi connectivity index (χ2n) is 13.4. The molecule has 0 radical (unpaired) electrons. The summed E-state index contributed by atoms with van der Waals surface area (Å²) >= 11 is 0. The highest BCUT2D eigenvalue weighted by molar-refractivity contribution is 6.05. The molecule has 0 unspecified atom stereocenters. The largest absolute Gasteiger partial charge is 0.497 e. The number of hydrogen-bond acceptors (Lipinski definition) is 8. The van der Waals surface area contributed by atoms with Crippen LogP contribution in [0.15, 0.2) is 85.1 Å². The number of carbonyl (C=O) groups excluding carboxylic acids is 1. The number of pyridine rings is 1. The van der Waals surface area contributed by atoms with E-state index in [1.54, 1.807) is 22.7 Å². The van der Waals surface area contributed by atoms with Gasteiger partial charge in [-0.2, -0.15) is 19.9 Å². The number of ether oxygens (including phenoxy) is 2. The SMILES string of the molecule is CC#CCCn1nc(C)c(OCc2ccccc2)c1-c1nc(-n2nc(C(=O)NCc3ccc(C)c(C)c3)c3cc(C)ncc32)n(Cc2ccc(OC)cc2)n1. The van der Waals surface area contributed by atoms with Gasteiger partial charge in [-0.1, -0.05) is 60.7 Å². The number of aryl methyl sites for hydroxylation is 5. The Labute approximate surface area is 320 Å². The summed E-state index contributed by atoms with van der Waals surface area (Å²) in [5.74, 6) is 7.91. The number of fused-ring (bicyclic) bond motifs is 1. The van der Waals surface area contributed by atoms with E-state index in [2.05, 4.69) is 48.1 Å². The molecule has 0 aliphatic heterocycles. The number of rotatable bonds is 13. The molecule has 0 aliphatic rings. The molecular formula is C43H43N9O3. The summed E-state index contributed by atoms with van der Waals surface area (Å²) in [6, 6.07) is 25.8. The highest BCUT2D eigenvalue weighted by Crippen LogP contribution is 2.34. The van der Waals surface area contributed by atoms with Crippen molar-refractivity contribution in [1.82, 2.24) is 44.6 Å². The molecule has 7 aromatic rings. The van der Waals surface area contributed by atoms with Gasteiger partial charge in [0.15, 0.2) is 11.4 Å². The Morgan fingerprint density at radius 3 is 2.38 bits per heavy atom. The van der Waals surface area contributed by atoms with Gasteiger partial charge < -0.3 is 14.8 Å². The van der Waals surface area contributed by atoms with Crippen molar-refractivity contribution in [3.05, 3.63) is 130 Å². The number of benzene rings is 3. The molecule has 0 saturated carbocycles. The zero-order valence-corrected chi connectivity index (χ0v) is 31.9. The summed E-state index contributed by atoms with van der Waals surface area (Å²) in [5, 5.41) is 18.6. The lowest BCUT2D eigenvalue weighted by atomic mass is 10.1. The molecule has 1 N–H and O–H groups in total. The Hall–Kier alpha value is -6.74. The predicted molar refractivity (Wildman–Crippen MR) is 211 cm³/mol. The number of methoxy groups -OCH3 is 1. The normalized spacial score (nSPS) is 11.0. The molecule has 7 rings (SSSR count). The third-order valence-electron chi connectivity index (χ3n) is 9.41. The number of amides is 1. The molecule has 55 heavy (non-hydrogen) atoms. The molecule has 0 bridgehead atoms. The second kappa shape index (κ2) is 16.1. The van der Waals surface area contributed by atoms with Gasteiger partial charge in [-0.15, -0.1) is 16.9 Å². The van der Waals surface area contributed by atoms with Crippen LogP contribution in [0, 0.1) is 39.5 Å². The van der Waals surface area contributed by atoms with E-state index < -0.39 is 0 Å². The Bertz CT molecular complexity index is 2540. The van der Waals surface area contributed by atoms with Gasteiger partial charge in [0.1, 0.15) is 23.7 Å². The highest BCUT2D eigenvalue weighted by Gasteiger charge is 2.27. The lowest BCUT2D eigenvalue weighted by Gasteiger charge is -2.08. The van der Waals surface area contributed by atoms with E-state index in [0.29, 0.717) is 72.5 Å². The van der Waals surface area contributed by atoms with E-state index >= 15 is 0 Å². The average molecular weight is 734 g/mol. The van der Waals surface area contributed by atoms with Gasteiger partial charge in [0.05, 0.1) is 31.9 Å². The van der Waals surface area contributed by atoms with Crippen LogP contribution < -0.4 is 14.8 Å². The maximum absolute atomic E-state index is 13.9. The average Bonchev–Trinajstić information content (AvgIpc) is 3.87. The summed E-state index contributed by atoms with van der Waals surface area (Å²) < 4.78 is 17.2. The molecule has 278 valence electrons. The van der Waals surface area contributed by atoms with Gasteiger partial charge in [0, 0.05) is 24.0 Å². The van der Waals surface area contributed by atoms with Crippen molar-refractivity contribution in [2.24, 2.45) is 0 Å². The number of carbonyl (C=O) groups is 1. The van der Waals surface area contributed by atoms with E-state index in [-0.39, 0.29) is 11.6 Å². The Kier molecular flexibility index (Phi) is 10.7. The van der Waals surface area contributed by atoms with Crippen molar-refractivity contribution in [1.29, 1.82) is 0 Å². The van der Waals surface area contributed by atoms with Crippen LogP contribution in [-0.4, -0.2) is 52.3 Å². The summed E-state index contributed by atoms with van der Waals surface area (Å²) in [5.41, 5.74) is 8.30. The summed E-state index contributed by atoms with van der Waals surface area (Å²) in [6.45, 7) is 11.3. The van der Waals surface area contributed by atoms with Gasteiger partial charge in [-0.05, 0) is 80.6 Å². The third kappa shape index (κ3) is 7.96. The fourth-order valence-corrected chi connectivity index (χ4v) is 6.35. The summed E-state index contributed by atoms with van der Waals surface area (Å²) in [7, 11) is 1.64. The standard InChI is InChI=1S/C43H43N9O3/c1-7-8-12-21-50-39(40(31(5)47-50)55-27-33-13-10-9-11-14-33)41-46-43(51(49-41)26-32-17-19-35(54-6)20-18-32)52-37-25-44-30(4)23-36(37)38(48-52)42(53)45-24-34-16-15-28(2)29(3)22-34/h9-11,13-20,22-23,25H,12,21,24,26-27H2,1-6H3,(H,45,53). The minimum absolute atomic E-state index is 0.260. The van der Waals surface area contributed by atoms with Crippen LogP contribution in [0.5, 0.6) is 11.5 Å². The molecule has 4 aromatic heterocycles. The number of nitrogens with one attached hydrogen (secondary N) is 1. The monoisotopic (exact) mass is 733 g/mol. The van der Waals surface area contributed by atoms with Crippen molar-refractivity contribution in [2.45, 2.75) is 67.3 Å². The first-order valence-electron chi connectivity index (χ1n) is 18.1. The van der Waals surface area contributed by atoms with Gasteiger partial charge in [0.2, 0.25) is 5.82 Å². The van der Waals surface area contributed by atoms with Gasteiger partial charge in [-0.3, -0.25) is 14.5 Å². The summed E-state index contributed by atoms with van der Waals surface area (Å²) in [4.78, 5) is 23.6. The fourth-order valence-electron chi connectivity index (χ4n) is 6.35. The zero-order valence-electron chi connectivity index (χ0n) is 31.9. The van der Waals surface area contributed by atoms with E-state index in [0.717, 1.165) is 28.1 Å². The maximum Gasteiger partial charge on any atom is 0.272 e. The van der Waals surface area contributed by atoms with Crippen LogP contribution in [0.2, 0.25) is 0 Å². The topological polar surface area (TPSA) is 127 Å². The van der Waals surface area contributed by atoms with Crippen LogP contribution in [0.4, 0.5) is 0 Å². The van der Waals surface area contributed by atoms with Crippen molar-refractivity contribution in [3.63, 3.8) is 0 Å². The van der Waals surface area contributed by atoms with Crippen molar-refractivity contribution in [2.75, 3.05) is 7.11 Å². The Morgan fingerprint density at radius 2 is 1.64 bits per heavy atom. The van der Waals surface area contributed by atoms with Gasteiger partial charge in [0.25, 0.3) is 11.9 Å². The molecule has 0 saturated heterocycles. The number of hydrogen-bond donors (Lipinski definition) is 1. The fraction of sp³-hybridized carbons (Fsp3) is 0.256. The van der Waals surface area contributed by atoms with Crippen molar-refractivity contribution in [3.8, 4) is 40.8 Å². The lowest BCUT2D eigenvalue weighted by Crippen LogP contribution is -2.24. The Morgan fingerprint density at radius 1 is 0.855 bits per heavy atom. The van der Waals surface area contributed by atoms with Gasteiger partial charge in [-0.25, -0.2) is 4.68 Å². The molecule has 1 amide bonds. The lowest BCUT2D eigenvalue weighted by molar-refractivity contribution is 0.0947. The first-order valence-corrected chi connectivity index (χ1v) is 18.1. The summed E-state index contributed by atoms with van der Waals surface area (Å²) in [6.07, 6.45) is 2.30. The van der Waals surface area contributed by atoms with Crippen LogP contribution >= 0.6 is 0 Å². The van der Waals surface area contributed by atoms with Crippen LogP contribution in [0.25, 0.3) is 28.4 Å². The van der Waals surface area contributed by atoms with Crippen molar-refractivity contribution >= 4 is 16.8 Å². The number of nitrogens with zero attached hydrogens (tertiary/aromatic N) is 8. The molecule has 12 heteroatoms. The molecular weight excluding hydrogens is 691 g/mol.